The number of hydrogen-bond donors (Lipinski definition) is 1. The first-order valence-corrected chi connectivity index (χ1v) is 10.6. The molecule has 0 saturated carbocycles. The van der Waals surface area contributed by atoms with Gasteiger partial charge in [-0.15, -0.1) is 10.2 Å². The minimum Gasteiger partial charge on any atom is -0.447 e. The molecule has 2 aromatic heterocycles. The van der Waals surface area contributed by atoms with E-state index in [-0.39, 0.29) is 0 Å². The van der Waals surface area contributed by atoms with Gasteiger partial charge in [-0.1, -0.05) is 36.9 Å². The van der Waals surface area contributed by atoms with Gasteiger partial charge in [-0.3, -0.25) is 0 Å². The van der Waals surface area contributed by atoms with E-state index in [1.54, 1.807) is 11.8 Å². The molecule has 3 aromatic rings. The van der Waals surface area contributed by atoms with Crippen LogP contribution in [-0.4, -0.2) is 20.9 Å². The molecule has 4 rings (SSSR count). The Morgan fingerprint density at radius 3 is 2.85 bits per heavy atom. The lowest BCUT2D eigenvalue weighted by molar-refractivity contribution is 0.194. The van der Waals surface area contributed by atoms with E-state index in [0.717, 1.165) is 27.9 Å². The van der Waals surface area contributed by atoms with Gasteiger partial charge in [0.25, 0.3) is 0 Å². The first kappa shape index (κ1) is 17.8. The van der Waals surface area contributed by atoms with Crippen LogP contribution in [0.4, 0.5) is 5.69 Å². The molecule has 134 valence electrons. The first-order valence-electron chi connectivity index (χ1n) is 8.00. The van der Waals surface area contributed by atoms with Crippen molar-refractivity contribution in [1.29, 1.82) is 0 Å². The number of ether oxygens (including phenoxy) is 1. The number of fused-ring (bicyclic) bond motifs is 3. The highest BCUT2D eigenvalue weighted by atomic mass is 79.9. The van der Waals surface area contributed by atoms with Crippen molar-refractivity contribution < 1.29 is 9.15 Å². The smallest absolute Gasteiger partial charge is 0.247 e. The van der Waals surface area contributed by atoms with Crippen LogP contribution in [0.5, 0.6) is 5.88 Å². The SMILES string of the molecule is CCCSc1nnc2c(n1)O[C@H](c1cc(Br)c(Br)o1)Nc1ccccc1-2. The summed E-state index contributed by atoms with van der Waals surface area (Å²) in [4.78, 5) is 4.58. The maximum Gasteiger partial charge on any atom is 0.247 e. The lowest BCUT2D eigenvalue weighted by Gasteiger charge is -2.16. The van der Waals surface area contributed by atoms with Gasteiger partial charge in [0.1, 0.15) is 0 Å². The Morgan fingerprint density at radius 2 is 2.08 bits per heavy atom. The van der Waals surface area contributed by atoms with Crippen molar-refractivity contribution in [1.82, 2.24) is 15.2 Å². The summed E-state index contributed by atoms with van der Waals surface area (Å²) in [6.45, 7) is 2.11. The molecule has 9 heteroatoms. The van der Waals surface area contributed by atoms with Crippen LogP contribution >= 0.6 is 43.6 Å². The number of para-hydroxylation sites is 1. The van der Waals surface area contributed by atoms with Crippen LogP contribution in [0.1, 0.15) is 25.3 Å². The normalized spacial score (nSPS) is 15.4. The van der Waals surface area contributed by atoms with Gasteiger partial charge >= 0.3 is 0 Å². The zero-order valence-corrected chi connectivity index (χ0v) is 17.7. The van der Waals surface area contributed by atoms with Gasteiger partial charge in [-0.05, 0) is 44.3 Å². The van der Waals surface area contributed by atoms with E-state index in [2.05, 4.69) is 59.3 Å². The number of aromatic nitrogens is 3. The van der Waals surface area contributed by atoms with Crippen LogP contribution in [-0.2, 0) is 0 Å². The quantitative estimate of drug-likeness (QED) is 0.466. The van der Waals surface area contributed by atoms with Gasteiger partial charge in [0.15, 0.2) is 16.1 Å². The van der Waals surface area contributed by atoms with Gasteiger partial charge in [-0.25, -0.2) is 0 Å². The van der Waals surface area contributed by atoms with Crippen LogP contribution in [0, 0.1) is 0 Å². The first-order chi connectivity index (χ1) is 12.7. The van der Waals surface area contributed by atoms with Crippen molar-refractivity contribution in [2.45, 2.75) is 24.7 Å². The number of benzene rings is 1. The molecule has 0 amide bonds. The summed E-state index contributed by atoms with van der Waals surface area (Å²) in [6, 6.07) is 9.70. The van der Waals surface area contributed by atoms with Crippen LogP contribution in [0.15, 0.2) is 49.0 Å². The number of halogens is 2. The van der Waals surface area contributed by atoms with E-state index >= 15 is 0 Å². The molecule has 0 fully saturated rings. The summed E-state index contributed by atoms with van der Waals surface area (Å²) < 4.78 is 13.3. The molecule has 0 bridgehead atoms. The van der Waals surface area contributed by atoms with E-state index < -0.39 is 6.23 Å². The van der Waals surface area contributed by atoms with E-state index in [1.165, 1.54) is 0 Å². The zero-order chi connectivity index (χ0) is 18.1. The number of thioether (sulfide) groups is 1. The van der Waals surface area contributed by atoms with Crippen LogP contribution in [0.2, 0.25) is 0 Å². The van der Waals surface area contributed by atoms with Crippen LogP contribution in [0.25, 0.3) is 11.3 Å². The van der Waals surface area contributed by atoms with Gasteiger partial charge in [0.2, 0.25) is 17.3 Å². The second-order valence-electron chi connectivity index (χ2n) is 5.55. The molecule has 1 aliphatic heterocycles. The molecular weight excluding hydrogens is 484 g/mol. The number of furan rings is 1. The third-order valence-corrected chi connectivity index (χ3v) is 6.45. The topological polar surface area (TPSA) is 73.1 Å². The molecule has 0 saturated heterocycles. The highest BCUT2D eigenvalue weighted by Gasteiger charge is 2.28. The number of anilines is 1. The Morgan fingerprint density at radius 1 is 1.23 bits per heavy atom. The highest BCUT2D eigenvalue weighted by Crippen LogP contribution is 2.41. The minimum absolute atomic E-state index is 0.435. The number of nitrogens with zero attached hydrogens (tertiary/aromatic N) is 3. The maximum absolute atomic E-state index is 6.14. The van der Waals surface area contributed by atoms with Crippen molar-refractivity contribution in [2.75, 3.05) is 11.1 Å². The van der Waals surface area contributed by atoms with Gasteiger partial charge in [-0.2, -0.15) is 4.98 Å². The Bertz CT molecular complexity index is 931. The molecule has 0 aliphatic carbocycles. The Kier molecular flexibility index (Phi) is 5.19. The number of nitrogens with one attached hydrogen (secondary N) is 1. The molecule has 1 aromatic carbocycles. The summed E-state index contributed by atoms with van der Waals surface area (Å²) >= 11 is 8.37. The summed E-state index contributed by atoms with van der Waals surface area (Å²) in [5.41, 5.74) is 2.38. The Balaban J connectivity index is 1.79. The molecular formula is C17H14Br2N4O2S. The molecule has 3 heterocycles. The van der Waals surface area contributed by atoms with E-state index in [1.807, 2.05) is 30.3 Å². The molecule has 1 aliphatic rings. The molecule has 0 unspecified atom stereocenters. The molecule has 1 atom stereocenters. The van der Waals surface area contributed by atoms with Gasteiger partial charge in [0.05, 0.1) is 4.47 Å². The van der Waals surface area contributed by atoms with Crippen molar-refractivity contribution in [3.05, 3.63) is 45.2 Å². The lowest BCUT2D eigenvalue weighted by Crippen LogP contribution is -2.16. The highest BCUT2D eigenvalue weighted by molar-refractivity contribution is 9.13. The zero-order valence-electron chi connectivity index (χ0n) is 13.7. The fraction of sp³-hybridized carbons (Fsp3) is 0.235. The predicted octanol–water partition coefficient (Wildman–Crippen LogP) is 5.66. The largest absolute Gasteiger partial charge is 0.447 e. The second kappa shape index (κ2) is 7.58. The minimum atomic E-state index is -0.541. The maximum atomic E-state index is 6.14. The van der Waals surface area contributed by atoms with Crippen molar-refractivity contribution in [2.24, 2.45) is 0 Å². The predicted molar refractivity (Wildman–Crippen MR) is 107 cm³/mol. The number of rotatable bonds is 4. The Labute approximate surface area is 171 Å². The monoisotopic (exact) mass is 496 g/mol. The van der Waals surface area contributed by atoms with Crippen LogP contribution < -0.4 is 10.1 Å². The second-order valence-corrected chi connectivity index (χ2v) is 8.19. The van der Waals surface area contributed by atoms with Crippen molar-refractivity contribution in [3.8, 4) is 17.1 Å². The average Bonchev–Trinajstić information content (AvgIpc) is 2.89. The third-order valence-electron chi connectivity index (χ3n) is 3.69. The van der Waals surface area contributed by atoms with Gasteiger partial charge < -0.3 is 14.5 Å². The fourth-order valence-corrected chi connectivity index (χ4v) is 3.76. The van der Waals surface area contributed by atoms with Gasteiger partial charge in [0, 0.05) is 23.1 Å². The average molecular weight is 498 g/mol. The molecule has 0 radical (unpaired) electrons. The summed E-state index contributed by atoms with van der Waals surface area (Å²) in [6.07, 6.45) is 0.494. The standard InChI is InChI=1S/C17H14Br2N4O2S/c1-2-7-26-17-21-16-13(22-23-17)9-5-3-4-6-11(9)20-15(25-16)12-8-10(18)14(19)24-12/h3-6,8,15,20H,2,7H2,1H3/t15-/m1/s1. The molecule has 26 heavy (non-hydrogen) atoms. The molecule has 6 nitrogen and oxygen atoms in total. The fourth-order valence-electron chi connectivity index (χ4n) is 2.52. The number of hydrogen-bond acceptors (Lipinski definition) is 7. The van der Waals surface area contributed by atoms with Crippen molar-refractivity contribution in [3.63, 3.8) is 0 Å². The molecule has 0 spiro atoms. The van der Waals surface area contributed by atoms with E-state index in [4.69, 9.17) is 9.15 Å². The summed E-state index contributed by atoms with van der Waals surface area (Å²) in [5.74, 6) is 1.98. The summed E-state index contributed by atoms with van der Waals surface area (Å²) in [7, 11) is 0. The van der Waals surface area contributed by atoms with Crippen molar-refractivity contribution >= 4 is 49.3 Å². The summed E-state index contributed by atoms with van der Waals surface area (Å²) in [5, 5.41) is 12.6. The molecule has 1 N–H and O–H groups in total. The Hall–Kier alpha value is -1.58. The third kappa shape index (κ3) is 3.47. The lowest BCUT2D eigenvalue weighted by atomic mass is 10.1. The van der Waals surface area contributed by atoms with Crippen LogP contribution in [0.3, 0.4) is 0 Å². The van der Waals surface area contributed by atoms with E-state index in [0.29, 0.717) is 27.2 Å². The van der Waals surface area contributed by atoms with E-state index in [9.17, 15) is 0 Å².